The van der Waals surface area contributed by atoms with Gasteiger partial charge in [-0.1, -0.05) is 17.7 Å². The van der Waals surface area contributed by atoms with Gasteiger partial charge >= 0.3 is 0 Å². The van der Waals surface area contributed by atoms with Gasteiger partial charge in [-0.2, -0.15) is 0 Å². The maximum atomic E-state index is 12.0. The summed E-state index contributed by atoms with van der Waals surface area (Å²) in [6.45, 7) is 1.60. The van der Waals surface area contributed by atoms with Gasteiger partial charge in [0.1, 0.15) is 6.54 Å². The number of hydrogen-bond acceptors (Lipinski definition) is 3. The fourth-order valence-corrected chi connectivity index (χ4v) is 2.42. The molecule has 21 heavy (non-hydrogen) atoms. The molecule has 0 atom stereocenters. The maximum absolute atomic E-state index is 12.0. The third kappa shape index (κ3) is 3.65. The Bertz CT molecular complexity index is 758. The average molecular weight is 371 g/mol. The van der Waals surface area contributed by atoms with Crippen molar-refractivity contribution in [2.75, 3.05) is 11.1 Å². The summed E-state index contributed by atoms with van der Waals surface area (Å²) < 4.78 is 1.62. The van der Waals surface area contributed by atoms with Crippen LogP contribution in [0.25, 0.3) is 0 Å². The van der Waals surface area contributed by atoms with Crippen LogP contribution in [0, 0.1) is 6.92 Å². The molecule has 0 aliphatic carbocycles. The number of rotatable bonds is 3. The van der Waals surface area contributed by atoms with E-state index in [1.54, 1.807) is 31.2 Å². The Labute approximate surface area is 134 Å². The third-order valence-corrected chi connectivity index (χ3v) is 4.10. The van der Waals surface area contributed by atoms with Gasteiger partial charge in [0.15, 0.2) is 0 Å². The lowest BCUT2D eigenvalue weighted by atomic mass is 10.2. The van der Waals surface area contributed by atoms with E-state index in [9.17, 15) is 9.59 Å². The Balaban J connectivity index is 2.19. The Kier molecular flexibility index (Phi) is 4.69. The summed E-state index contributed by atoms with van der Waals surface area (Å²) in [4.78, 5) is 24.0. The molecule has 0 saturated carbocycles. The monoisotopic (exact) mass is 369 g/mol. The minimum absolute atomic E-state index is 0.131. The van der Waals surface area contributed by atoms with Crippen LogP contribution in [-0.4, -0.2) is 10.5 Å². The largest absolute Gasteiger partial charge is 0.397 e. The van der Waals surface area contributed by atoms with E-state index >= 15 is 0 Å². The lowest BCUT2D eigenvalue weighted by Crippen LogP contribution is -2.28. The number of nitrogen functional groups attached to an aromatic ring is 1. The van der Waals surface area contributed by atoms with E-state index in [0.717, 1.165) is 0 Å². The molecule has 1 heterocycles. The maximum Gasteiger partial charge on any atom is 0.265 e. The van der Waals surface area contributed by atoms with E-state index < -0.39 is 0 Å². The molecule has 2 rings (SSSR count). The minimum atomic E-state index is -0.338. The van der Waals surface area contributed by atoms with E-state index in [1.807, 2.05) is 0 Å². The summed E-state index contributed by atoms with van der Waals surface area (Å²) in [6.07, 6.45) is 1.46. The molecular weight excluding hydrogens is 358 g/mol. The SMILES string of the molecule is Cc1c(N)cn(CC(=O)Nc2cccc(Cl)c2)c(=O)c1Br. The molecule has 5 nitrogen and oxygen atoms in total. The van der Waals surface area contributed by atoms with Crippen LogP contribution in [0.5, 0.6) is 0 Å². The predicted octanol–water partition coefficient (Wildman–Crippen LogP) is 2.79. The Morgan fingerprint density at radius 3 is 2.86 bits per heavy atom. The van der Waals surface area contributed by atoms with Crippen molar-refractivity contribution < 1.29 is 4.79 Å². The van der Waals surface area contributed by atoms with E-state index in [0.29, 0.717) is 26.4 Å². The molecule has 2 aromatic rings. The number of carbonyl (C=O) groups excluding carboxylic acids is 1. The van der Waals surface area contributed by atoms with E-state index in [2.05, 4.69) is 21.2 Å². The molecule has 0 aliphatic rings. The van der Waals surface area contributed by atoms with Crippen molar-refractivity contribution in [1.29, 1.82) is 0 Å². The van der Waals surface area contributed by atoms with Gasteiger partial charge < -0.3 is 15.6 Å². The first-order chi connectivity index (χ1) is 9.88. The molecular formula is C14H13BrClN3O2. The number of hydrogen-bond donors (Lipinski definition) is 2. The van der Waals surface area contributed by atoms with E-state index in [1.165, 1.54) is 10.8 Å². The van der Waals surface area contributed by atoms with Crippen molar-refractivity contribution in [3.05, 3.63) is 55.9 Å². The highest BCUT2D eigenvalue weighted by Gasteiger charge is 2.11. The number of nitrogens with zero attached hydrogens (tertiary/aromatic N) is 1. The van der Waals surface area contributed by atoms with Crippen LogP contribution in [-0.2, 0) is 11.3 Å². The van der Waals surface area contributed by atoms with Gasteiger partial charge in [0.2, 0.25) is 5.91 Å². The van der Waals surface area contributed by atoms with Crippen molar-refractivity contribution in [2.45, 2.75) is 13.5 Å². The molecule has 0 radical (unpaired) electrons. The van der Waals surface area contributed by atoms with Crippen molar-refractivity contribution >= 4 is 44.8 Å². The number of nitrogens with one attached hydrogen (secondary N) is 1. The van der Waals surface area contributed by atoms with Crippen LogP contribution in [0.2, 0.25) is 5.02 Å². The van der Waals surface area contributed by atoms with Gasteiger partial charge in [0, 0.05) is 16.9 Å². The number of amides is 1. The second-order valence-electron chi connectivity index (χ2n) is 4.52. The first kappa shape index (κ1) is 15.6. The minimum Gasteiger partial charge on any atom is -0.397 e. The molecule has 1 amide bonds. The molecule has 0 spiro atoms. The molecule has 0 aliphatic heterocycles. The zero-order chi connectivity index (χ0) is 15.6. The van der Waals surface area contributed by atoms with E-state index in [4.69, 9.17) is 17.3 Å². The molecule has 1 aromatic carbocycles. The Morgan fingerprint density at radius 2 is 2.19 bits per heavy atom. The van der Waals surface area contributed by atoms with Gasteiger partial charge in [-0.05, 0) is 46.6 Å². The molecule has 3 N–H and O–H groups in total. The van der Waals surface area contributed by atoms with Crippen molar-refractivity contribution in [2.24, 2.45) is 0 Å². The number of anilines is 2. The molecule has 0 fully saturated rings. The number of nitrogens with two attached hydrogens (primary N) is 1. The van der Waals surface area contributed by atoms with Crippen LogP contribution >= 0.6 is 27.5 Å². The van der Waals surface area contributed by atoms with Crippen LogP contribution in [0.4, 0.5) is 11.4 Å². The summed E-state index contributed by atoms with van der Waals surface area (Å²) >= 11 is 9.03. The van der Waals surface area contributed by atoms with Crippen molar-refractivity contribution in [3.63, 3.8) is 0 Å². The number of benzene rings is 1. The lowest BCUT2D eigenvalue weighted by Gasteiger charge is -2.11. The second-order valence-corrected chi connectivity index (χ2v) is 5.74. The highest BCUT2D eigenvalue weighted by atomic mass is 79.9. The molecule has 7 heteroatoms. The quantitative estimate of drug-likeness (QED) is 0.872. The number of carbonyl (C=O) groups is 1. The van der Waals surface area contributed by atoms with Gasteiger partial charge in [0.25, 0.3) is 5.56 Å². The lowest BCUT2D eigenvalue weighted by molar-refractivity contribution is -0.116. The van der Waals surface area contributed by atoms with Crippen molar-refractivity contribution in [1.82, 2.24) is 4.57 Å². The fraction of sp³-hybridized carbons (Fsp3) is 0.143. The summed E-state index contributed by atoms with van der Waals surface area (Å²) in [7, 11) is 0. The number of aromatic nitrogens is 1. The smallest absolute Gasteiger partial charge is 0.265 e. The second kappa shape index (κ2) is 6.32. The van der Waals surface area contributed by atoms with Gasteiger partial charge in [0.05, 0.1) is 10.2 Å². The topological polar surface area (TPSA) is 77.1 Å². The summed E-state index contributed by atoms with van der Waals surface area (Å²) in [5, 5.41) is 3.19. The summed E-state index contributed by atoms with van der Waals surface area (Å²) in [5.74, 6) is -0.338. The first-order valence-corrected chi connectivity index (χ1v) is 7.26. The molecule has 110 valence electrons. The van der Waals surface area contributed by atoms with Crippen LogP contribution in [0.3, 0.4) is 0 Å². The molecule has 0 unspecified atom stereocenters. The average Bonchev–Trinajstić information content (AvgIpc) is 2.42. The third-order valence-electron chi connectivity index (χ3n) is 2.93. The van der Waals surface area contributed by atoms with Gasteiger partial charge in [-0.3, -0.25) is 9.59 Å². The Morgan fingerprint density at radius 1 is 1.48 bits per heavy atom. The van der Waals surface area contributed by atoms with Crippen LogP contribution in [0.15, 0.2) is 39.7 Å². The fourth-order valence-electron chi connectivity index (χ4n) is 1.78. The molecule has 0 saturated heterocycles. The summed E-state index contributed by atoms with van der Waals surface area (Å²) in [5.41, 5.74) is 7.17. The standard InChI is InChI=1S/C14H13BrClN3O2/c1-8-11(17)6-19(14(21)13(8)15)7-12(20)18-10-4-2-3-9(16)5-10/h2-6H,7,17H2,1H3,(H,18,20). The predicted molar refractivity (Wildman–Crippen MR) is 87.6 cm³/mol. The van der Waals surface area contributed by atoms with Gasteiger partial charge in [-0.15, -0.1) is 0 Å². The molecule has 1 aromatic heterocycles. The Hall–Kier alpha value is -1.79. The van der Waals surface area contributed by atoms with Crippen LogP contribution < -0.4 is 16.6 Å². The summed E-state index contributed by atoms with van der Waals surface area (Å²) in [6, 6.07) is 6.78. The first-order valence-electron chi connectivity index (χ1n) is 6.09. The highest BCUT2D eigenvalue weighted by molar-refractivity contribution is 9.10. The highest BCUT2D eigenvalue weighted by Crippen LogP contribution is 2.17. The van der Waals surface area contributed by atoms with Crippen LogP contribution in [0.1, 0.15) is 5.56 Å². The van der Waals surface area contributed by atoms with Gasteiger partial charge in [-0.25, -0.2) is 0 Å². The number of pyridine rings is 1. The molecule has 0 bridgehead atoms. The zero-order valence-electron chi connectivity index (χ0n) is 11.2. The normalized spacial score (nSPS) is 10.4. The van der Waals surface area contributed by atoms with E-state index in [-0.39, 0.29) is 18.0 Å². The zero-order valence-corrected chi connectivity index (χ0v) is 13.5. The number of halogens is 2. The van der Waals surface area contributed by atoms with Crippen molar-refractivity contribution in [3.8, 4) is 0 Å².